The Morgan fingerprint density at radius 3 is 2.30 bits per heavy atom. The lowest BCUT2D eigenvalue weighted by atomic mass is 10.1. The van der Waals surface area contributed by atoms with E-state index < -0.39 is 28.4 Å². The van der Waals surface area contributed by atoms with Gasteiger partial charge in [-0.05, 0) is 68.3 Å². The van der Waals surface area contributed by atoms with Crippen molar-refractivity contribution in [3.05, 3.63) is 89.5 Å². The molecule has 0 aliphatic heterocycles. The van der Waals surface area contributed by atoms with Crippen molar-refractivity contribution in [2.24, 2.45) is 0 Å². The van der Waals surface area contributed by atoms with E-state index in [1.165, 1.54) is 12.1 Å². The average molecular weight is 467 g/mol. The number of aryl methyl sites for hydroxylation is 1. The second-order valence-electron chi connectivity index (χ2n) is 7.41. The van der Waals surface area contributed by atoms with Crippen LogP contribution in [-0.4, -0.2) is 33.4 Å². The molecule has 0 aliphatic carbocycles. The van der Waals surface area contributed by atoms with Crippen LogP contribution in [0.25, 0.3) is 0 Å². The smallest absolute Gasteiger partial charge is 0.338 e. The maximum atomic E-state index is 13.4. The highest BCUT2D eigenvalue weighted by molar-refractivity contribution is 7.92. The topological polar surface area (TPSA) is 92.8 Å². The lowest BCUT2D eigenvalue weighted by Gasteiger charge is -2.24. The molecule has 0 fully saturated rings. The molecule has 3 aromatic carbocycles. The van der Waals surface area contributed by atoms with Gasteiger partial charge in [0.15, 0.2) is 0 Å². The van der Waals surface area contributed by atoms with Gasteiger partial charge >= 0.3 is 5.97 Å². The van der Waals surface area contributed by atoms with Gasteiger partial charge in [0.1, 0.15) is 6.54 Å². The lowest BCUT2D eigenvalue weighted by molar-refractivity contribution is -0.114. The minimum absolute atomic E-state index is 0.0831. The zero-order chi connectivity index (χ0) is 24.0. The molecule has 1 amide bonds. The third-order valence-corrected chi connectivity index (χ3v) is 6.80. The zero-order valence-corrected chi connectivity index (χ0v) is 19.6. The Kier molecular flexibility index (Phi) is 7.50. The number of amides is 1. The molecule has 0 spiro atoms. The van der Waals surface area contributed by atoms with Crippen molar-refractivity contribution in [2.75, 3.05) is 22.8 Å². The van der Waals surface area contributed by atoms with E-state index in [2.05, 4.69) is 5.32 Å². The fourth-order valence-electron chi connectivity index (χ4n) is 3.34. The third-order valence-electron chi connectivity index (χ3n) is 5.01. The number of carbonyl (C=O) groups excluding carboxylic acids is 2. The van der Waals surface area contributed by atoms with Crippen molar-refractivity contribution < 1.29 is 22.7 Å². The van der Waals surface area contributed by atoms with Crippen LogP contribution in [0.3, 0.4) is 0 Å². The minimum atomic E-state index is -4.00. The van der Waals surface area contributed by atoms with Gasteiger partial charge in [-0.1, -0.05) is 36.4 Å². The summed E-state index contributed by atoms with van der Waals surface area (Å²) in [4.78, 5) is 25.2. The Morgan fingerprint density at radius 2 is 1.64 bits per heavy atom. The van der Waals surface area contributed by atoms with Gasteiger partial charge in [0.2, 0.25) is 5.91 Å². The van der Waals surface area contributed by atoms with Gasteiger partial charge in [-0.3, -0.25) is 9.10 Å². The van der Waals surface area contributed by atoms with E-state index in [1.807, 2.05) is 13.0 Å². The van der Waals surface area contributed by atoms with E-state index in [1.54, 1.807) is 68.4 Å². The summed E-state index contributed by atoms with van der Waals surface area (Å²) in [5, 5.41) is 2.73. The van der Waals surface area contributed by atoms with E-state index in [4.69, 9.17) is 4.74 Å². The van der Waals surface area contributed by atoms with Crippen LogP contribution in [0.5, 0.6) is 0 Å². The number of sulfonamides is 1. The molecule has 33 heavy (non-hydrogen) atoms. The monoisotopic (exact) mass is 466 g/mol. The van der Waals surface area contributed by atoms with Crippen LogP contribution in [0.15, 0.2) is 77.7 Å². The number of carbonyl (C=O) groups is 2. The Bertz CT molecular complexity index is 1260. The second kappa shape index (κ2) is 10.3. The quantitative estimate of drug-likeness (QED) is 0.499. The Balaban J connectivity index is 1.92. The molecule has 0 aliphatic rings. The average Bonchev–Trinajstić information content (AvgIpc) is 2.79. The highest BCUT2D eigenvalue weighted by Crippen LogP contribution is 2.25. The summed E-state index contributed by atoms with van der Waals surface area (Å²) >= 11 is 0. The molecule has 0 atom stereocenters. The molecule has 0 aromatic heterocycles. The Labute approximate surface area is 194 Å². The van der Waals surface area contributed by atoms with Crippen LogP contribution >= 0.6 is 0 Å². The zero-order valence-electron chi connectivity index (χ0n) is 18.7. The molecule has 0 saturated carbocycles. The van der Waals surface area contributed by atoms with Gasteiger partial charge in [-0.2, -0.15) is 0 Å². The molecule has 172 valence electrons. The first-order chi connectivity index (χ1) is 15.7. The third kappa shape index (κ3) is 5.59. The van der Waals surface area contributed by atoms with Gasteiger partial charge in [-0.25, -0.2) is 13.2 Å². The molecular weight excluding hydrogens is 440 g/mol. The SMILES string of the molecule is CCOC(=O)c1cccc(NC(=O)CN(c2cccc(C)c2)S(=O)(=O)c2ccccc2)c1C. The fourth-order valence-corrected chi connectivity index (χ4v) is 4.77. The molecule has 0 radical (unpaired) electrons. The molecule has 8 heteroatoms. The van der Waals surface area contributed by atoms with Gasteiger partial charge in [-0.15, -0.1) is 0 Å². The summed E-state index contributed by atoms with van der Waals surface area (Å²) in [6.07, 6.45) is 0. The predicted octanol–water partition coefficient (Wildman–Crippen LogP) is 4.31. The van der Waals surface area contributed by atoms with Gasteiger partial charge < -0.3 is 10.1 Å². The van der Waals surface area contributed by atoms with E-state index in [0.717, 1.165) is 9.87 Å². The molecule has 0 unspecified atom stereocenters. The number of benzene rings is 3. The van der Waals surface area contributed by atoms with E-state index in [9.17, 15) is 18.0 Å². The van der Waals surface area contributed by atoms with E-state index >= 15 is 0 Å². The van der Waals surface area contributed by atoms with Crippen molar-refractivity contribution in [2.45, 2.75) is 25.7 Å². The number of anilines is 2. The van der Waals surface area contributed by atoms with Crippen LogP contribution < -0.4 is 9.62 Å². The van der Waals surface area contributed by atoms with Gasteiger partial charge in [0.25, 0.3) is 10.0 Å². The highest BCUT2D eigenvalue weighted by Gasteiger charge is 2.27. The molecule has 0 bridgehead atoms. The number of rotatable bonds is 8. The first-order valence-electron chi connectivity index (χ1n) is 10.4. The van der Waals surface area contributed by atoms with Crippen molar-refractivity contribution in [1.29, 1.82) is 0 Å². The summed E-state index contributed by atoms with van der Waals surface area (Å²) in [6, 6.07) is 19.8. The Hall–Kier alpha value is -3.65. The fraction of sp³-hybridized carbons (Fsp3) is 0.200. The molecule has 0 saturated heterocycles. The summed E-state index contributed by atoms with van der Waals surface area (Å²) in [5.74, 6) is -1.03. The maximum absolute atomic E-state index is 13.4. The van der Waals surface area contributed by atoms with Crippen molar-refractivity contribution >= 4 is 33.3 Å². The number of hydrogen-bond donors (Lipinski definition) is 1. The maximum Gasteiger partial charge on any atom is 0.338 e. The number of esters is 1. The Morgan fingerprint density at radius 1 is 0.939 bits per heavy atom. The number of ether oxygens (including phenoxy) is 1. The summed E-state index contributed by atoms with van der Waals surface area (Å²) < 4.78 is 32.9. The number of nitrogens with zero attached hydrogens (tertiary/aromatic N) is 1. The molecule has 3 rings (SSSR count). The van der Waals surface area contributed by atoms with Crippen LogP contribution in [-0.2, 0) is 19.6 Å². The van der Waals surface area contributed by atoms with Crippen molar-refractivity contribution in [1.82, 2.24) is 0 Å². The molecular formula is C25H26N2O5S. The van der Waals surface area contributed by atoms with Crippen molar-refractivity contribution in [3.8, 4) is 0 Å². The number of nitrogens with one attached hydrogen (secondary N) is 1. The second-order valence-corrected chi connectivity index (χ2v) is 9.27. The van der Waals surface area contributed by atoms with Crippen LogP contribution in [0.1, 0.15) is 28.4 Å². The molecule has 0 heterocycles. The normalized spacial score (nSPS) is 11.0. The first-order valence-corrected chi connectivity index (χ1v) is 11.9. The highest BCUT2D eigenvalue weighted by atomic mass is 32.2. The number of hydrogen-bond acceptors (Lipinski definition) is 5. The molecule has 7 nitrogen and oxygen atoms in total. The first kappa shape index (κ1) is 24.0. The van der Waals surface area contributed by atoms with Crippen LogP contribution in [0, 0.1) is 13.8 Å². The minimum Gasteiger partial charge on any atom is -0.462 e. The van der Waals surface area contributed by atoms with Crippen molar-refractivity contribution in [3.63, 3.8) is 0 Å². The largest absolute Gasteiger partial charge is 0.462 e. The summed E-state index contributed by atoms with van der Waals surface area (Å²) in [7, 11) is -4.00. The van der Waals surface area contributed by atoms with Crippen LogP contribution in [0.2, 0.25) is 0 Å². The van der Waals surface area contributed by atoms with Gasteiger partial charge in [0, 0.05) is 5.69 Å². The van der Waals surface area contributed by atoms with E-state index in [-0.39, 0.29) is 11.5 Å². The van der Waals surface area contributed by atoms with Crippen LogP contribution in [0.4, 0.5) is 11.4 Å². The molecule has 3 aromatic rings. The molecule has 1 N–H and O–H groups in total. The van der Waals surface area contributed by atoms with Gasteiger partial charge in [0.05, 0.1) is 22.8 Å². The summed E-state index contributed by atoms with van der Waals surface area (Å²) in [6.45, 7) is 5.05. The standard InChI is InChI=1S/C25H26N2O5S/c1-4-32-25(29)22-14-9-15-23(19(22)3)26-24(28)17-27(20-11-8-10-18(2)16-20)33(30,31)21-12-6-5-7-13-21/h5-16H,4,17H2,1-3H3,(H,26,28). The van der Waals surface area contributed by atoms with E-state index in [0.29, 0.717) is 22.5 Å². The summed E-state index contributed by atoms with van der Waals surface area (Å²) in [5.41, 5.74) is 2.52. The lowest BCUT2D eigenvalue weighted by Crippen LogP contribution is -2.38. The predicted molar refractivity (Wildman–Crippen MR) is 128 cm³/mol.